The molecule has 1 aliphatic heterocycles. The molecular formula is C15H11FN2O. The van der Waals surface area contributed by atoms with E-state index < -0.39 is 6.04 Å². The van der Waals surface area contributed by atoms with E-state index in [-0.39, 0.29) is 11.9 Å². The average molecular weight is 254 g/mol. The van der Waals surface area contributed by atoms with Crippen molar-refractivity contribution in [3.63, 3.8) is 0 Å². The van der Waals surface area contributed by atoms with Gasteiger partial charge in [-0.3, -0.25) is 0 Å². The monoisotopic (exact) mass is 254 g/mol. The summed E-state index contributed by atoms with van der Waals surface area (Å²) >= 11 is 0. The van der Waals surface area contributed by atoms with Crippen molar-refractivity contribution >= 4 is 11.3 Å². The Hall–Kier alpha value is -2.38. The van der Waals surface area contributed by atoms with E-state index in [4.69, 9.17) is 15.7 Å². The van der Waals surface area contributed by atoms with Crippen LogP contribution in [0.25, 0.3) is 11.3 Å². The third-order valence-corrected chi connectivity index (χ3v) is 3.21. The molecule has 3 rings (SSSR count). The summed E-state index contributed by atoms with van der Waals surface area (Å²) in [7, 11) is 0. The highest BCUT2D eigenvalue weighted by molar-refractivity contribution is 5.71. The van der Waals surface area contributed by atoms with E-state index in [1.54, 1.807) is 6.08 Å². The summed E-state index contributed by atoms with van der Waals surface area (Å²) in [6, 6.07) is 8.56. The van der Waals surface area contributed by atoms with Crippen molar-refractivity contribution in [1.82, 2.24) is 0 Å². The zero-order chi connectivity index (χ0) is 13.4. The van der Waals surface area contributed by atoms with Gasteiger partial charge >= 0.3 is 0 Å². The van der Waals surface area contributed by atoms with Crippen LogP contribution in [0.15, 0.2) is 48.3 Å². The number of fused-ring (bicyclic) bond motifs is 2. The summed E-state index contributed by atoms with van der Waals surface area (Å²) in [6.45, 7) is 0. The van der Waals surface area contributed by atoms with Gasteiger partial charge in [0.1, 0.15) is 17.7 Å². The molecule has 0 saturated carbocycles. The molecule has 4 heteroatoms. The molecule has 3 nitrogen and oxygen atoms in total. The Morgan fingerprint density at radius 2 is 2.05 bits per heavy atom. The molecule has 1 aliphatic carbocycles. The van der Waals surface area contributed by atoms with Gasteiger partial charge in [-0.1, -0.05) is 24.3 Å². The maximum atomic E-state index is 13.4. The van der Waals surface area contributed by atoms with Gasteiger partial charge in [0.05, 0.1) is 6.07 Å². The molecular weight excluding hydrogens is 243 g/mol. The SMILES string of the molecule is N#CC(N)C1=c2ccccc2=C2C=C(F)C=CC2O1. The largest absolute Gasteiger partial charge is 0.482 e. The lowest BCUT2D eigenvalue weighted by Gasteiger charge is -2.26. The quantitative estimate of drug-likeness (QED) is 0.799. The first-order valence-electron chi connectivity index (χ1n) is 5.91. The van der Waals surface area contributed by atoms with E-state index in [0.29, 0.717) is 5.76 Å². The molecule has 94 valence electrons. The van der Waals surface area contributed by atoms with Crippen molar-refractivity contribution in [2.75, 3.05) is 0 Å². The van der Waals surface area contributed by atoms with Gasteiger partial charge in [-0.2, -0.15) is 5.26 Å². The summed E-state index contributed by atoms with van der Waals surface area (Å²) in [4.78, 5) is 0. The van der Waals surface area contributed by atoms with Gasteiger partial charge in [0.25, 0.3) is 0 Å². The molecule has 0 spiro atoms. The summed E-state index contributed by atoms with van der Waals surface area (Å²) in [5, 5.41) is 10.6. The predicted molar refractivity (Wildman–Crippen MR) is 69.3 cm³/mol. The van der Waals surface area contributed by atoms with Crippen molar-refractivity contribution in [2.24, 2.45) is 5.73 Å². The van der Waals surface area contributed by atoms with Gasteiger partial charge in [0, 0.05) is 10.8 Å². The van der Waals surface area contributed by atoms with Crippen LogP contribution in [0.2, 0.25) is 0 Å². The van der Waals surface area contributed by atoms with Crippen molar-refractivity contribution in [2.45, 2.75) is 12.1 Å². The molecule has 0 radical (unpaired) electrons. The maximum Gasteiger partial charge on any atom is 0.151 e. The second-order valence-corrected chi connectivity index (χ2v) is 4.40. The Morgan fingerprint density at radius 3 is 2.79 bits per heavy atom. The van der Waals surface area contributed by atoms with Gasteiger partial charge in [0.15, 0.2) is 6.04 Å². The number of nitriles is 1. The van der Waals surface area contributed by atoms with E-state index in [2.05, 4.69) is 0 Å². The van der Waals surface area contributed by atoms with E-state index in [9.17, 15) is 4.39 Å². The first kappa shape index (κ1) is 11.7. The molecule has 0 bridgehead atoms. The van der Waals surface area contributed by atoms with Crippen LogP contribution in [0, 0.1) is 11.3 Å². The fourth-order valence-electron chi connectivity index (χ4n) is 2.35. The number of nitrogens with zero attached hydrogens (tertiary/aromatic N) is 1. The second kappa shape index (κ2) is 4.38. The van der Waals surface area contributed by atoms with Crippen molar-refractivity contribution in [1.29, 1.82) is 5.26 Å². The lowest BCUT2D eigenvalue weighted by atomic mass is 9.96. The Labute approximate surface area is 109 Å². The molecule has 2 unspecified atom stereocenters. The molecule has 1 heterocycles. The minimum absolute atomic E-state index is 0.308. The molecule has 1 aromatic rings. The Morgan fingerprint density at radius 1 is 1.32 bits per heavy atom. The number of allylic oxidation sites excluding steroid dienone is 2. The number of hydrogen-bond donors (Lipinski definition) is 1. The summed E-state index contributed by atoms with van der Waals surface area (Å²) < 4.78 is 19.1. The Kier molecular flexibility index (Phi) is 2.69. The average Bonchev–Trinajstić information content (AvgIpc) is 2.46. The van der Waals surface area contributed by atoms with Crippen LogP contribution in [0.5, 0.6) is 0 Å². The normalized spacial score (nSPS) is 21.7. The van der Waals surface area contributed by atoms with Crippen LogP contribution in [-0.2, 0) is 4.74 Å². The number of ether oxygens (including phenoxy) is 1. The maximum absolute atomic E-state index is 13.4. The van der Waals surface area contributed by atoms with Crippen LogP contribution in [0.3, 0.4) is 0 Å². The second-order valence-electron chi connectivity index (χ2n) is 4.40. The lowest BCUT2D eigenvalue weighted by Crippen LogP contribution is -2.43. The molecule has 19 heavy (non-hydrogen) atoms. The zero-order valence-electron chi connectivity index (χ0n) is 10.0. The third kappa shape index (κ3) is 1.85. The highest BCUT2D eigenvalue weighted by Crippen LogP contribution is 2.24. The summed E-state index contributed by atoms with van der Waals surface area (Å²) in [6.07, 6.45) is 4.06. The lowest BCUT2D eigenvalue weighted by molar-refractivity contribution is 0.241. The highest BCUT2D eigenvalue weighted by atomic mass is 19.1. The van der Waals surface area contributed by atoms with Crippen LogP contribution in [-0.4, -0.2) is 12.1 Å². The van der Waals surface area contributed by atoms with Crippen molar-refractivity contribution in [3.05, 3.63) is 58.8 Å². The minimum Gasteiger partial charge on any atom is -0.482 e. The molecule has 0 amide bonds. The Bertz CT molecular complexity index is 755. The van der Waals surface area contributed by atoms with Gasteiger partial charge in [-0.15, -0.1) is 0 Å². The van der Waals surface area contributed by atoms with Gasteiger partial charge < -0.3 is 10.5 Å². The third-order valence-electron chi connectivity index (χ3n) is 3.21. The van der Waals surface area contributed by atoms with E-state index in [1.165, 1.54) is 12.2 Å². The number of nitrogens with two attached hydrogens (primary N) is 1. The van der Waals surface area contributed by atoms with Crippen LogP contribution in [0.1, 0.15) is 0 Å². The molecule has 0 fully saturated rings. The van der Waals surface area contributed by atoms with E-state index >= 15 is 0 Å². The first-order valence-corrected chi connectivity index (χ1v) is 5.91. The number of benzene rings is 1. The van der Waals surface area contributed by atoms with Crippen molar-refractivity contribution < 1.29 is 9.13 Å². The van der Waals surface area contributed by atoms with Crippen LogP contribution >= 0.6 is 0 Å². The molecule has 0 aromatic heterocycles. The smallest absolute Gasteiger partial charge is 0.151 e. The van der Waals surface area contributed by atoms with Gasteiger partial charge in [0.2, 0.25) is 0 Å². The van der Waals surface area contributed by atoms with E-state index in [0.717, 1.165) is 16.0 Å². The first-order chi connectivity index (χ1) is 9.20. The minimum atomic E-state index is -0.827. The van der Waals surface area contributed by atoms with Crippen LogP contribution in [0.4, 0.5) is 4.39 Å². The van der Waals surface area contributed by atoms with Gasteiger partial charge in [-0.05, 0) is 23.4 Å². The highest BCUT2D eigenvalue weighted by Gasteiger charge is 2.25. The molecule has 2 N–H and O–H groups in total. The molecule has 2 aliphatic rings. The topological polar surface area (TPSA) is 59.0 Å². The molecule has 2 atom stereocenters. The predicted octanol–water partition coefficient (Wildman–Crippen LogP) is 0.618. The summed E-state index contributed by atoms with van der Waals surface area (Å²) in [5.74, 6) is 0.130. The molecule has 1 aromatic carbocycles. The van der Waals surface area contributed by atoms with Crippen LogP contribution < -0.4 is 16.2 Å². The fourth-order valence-corrected chi connectivity index (χ4v) is 2.35. The Balaban J connectivity index is 2.38. The summed E-state index contributed by atoms with van der Waals surface area (Å²) in [5.41, 5.74) is 6.52. The fraction of sp³-hybridized carbons (Fsp3) is 0.133. The number of hydrogen-bond acceptors (Lipinski definition) is 3. The molecule has 0 saturated heterocycles. The van der Waals surface area contributed by atoms with Gasteiger partial charge in [-0.25, -0.2) is 4.39 Å². The number of rotatable bonds is 1. The zero-order valence-corrected chi connectivity index (χ0v) is 10.0. The standard InChI is InChI=1S/C15H11FN2O/c16-9-5-6-14-12(7-9)10-3-1-2-4-11(10)15(19-14)13(18)8-17/h1-7,13-14H,18H2. The number of halogens is 1. The van der Waals surface area contributed by atoms with E-state index in [1.807, 2.05) is 30.3 Å². The van der Waals surface area contributed by atoms with Crippen molar-refractivity contribution in [3.8, 4) is 6.07 Å².